The van der Waals surface area contributed by atoms with E-state index in [1.54, 1.807) is 34.5 Å². The normalized spacial score (nSPS) is 23.6. The van der Waals surface area contributed by atoms with Crippen molar-refractivity contribution in [1.29, 1.82) is 0 Å². The molecule has 0 bridgehead atoms. The number of fused-ring (bicyclic) bond motifs is 2. The van der Waals surface area contributed by atoms with Gasteiger partial charge in [0.15, 0.2) is 0 Å². The highest BCUT2D eigenvalue weighted by Crippen LogP contribution is 2.46. The van der Waals surface area contributed by atoms with Crippen LogP contribution < -0.4 is 0 Å². The van der Waals surface area contributed by atoms with E-state index in [0.717, 1.165) is 23.4 Å². The van der Waals surface area contributed by atoms with Crippen LogP contribution in [0.3, 0.4) is 0 Å². The summed E-state index contributed by atoms with van der Waals surface area (Å²) in [4.78, 5) is 43.2. The fourth-order valence-electron chi connectivity index (χ4n) is 7.57. The number of carbonyl (C=O) groups is 2. The first-order valence-electron chi connectivity index (χ1n) is 17.3. The Morgan fingerprint density at radius 1 is 1.16 bits per heavy atom. The van der Waals surface area contributed by atoms with Crippen LogP contribution in [0.2, 0.25) is 5.02 Å². The first-order chi connectivity index (χ1) is 23.6. The average Bonchev–Trinajstić information content (AvgIpc) is 3.57. The molecular weight excluding hydrogens is 643 g/mol. The molecule has 3 aromatic rings. The van der Waals surface area contributed by atoms with Gasteiger partial charge in [-0.3, -0.25) is 19.6 Å². The van der Waals surface area contributed by atoms with Gasteiger partial charge in [-0.05, 0) is 87.1 Å². The minimum absolute atomic E-state index is 0.0453. The Morgan fingerprint density at radius 2 is 1.98 bits per heavy atom. The van der Waals surface area contributed by atoms with Crippen molar-refractivity contribution in [1.82, 2.24) is 24.3 Å². The van der Waals surface area contributed by atoms with Crippen LogP contribution in [0.25, 0.3) is 0 Å². The fraction of sp³-hybridized carbons (Fsp3) is 0.474. The number of halogens is 2. The summed E-state index contributed by atoms with van der Waals surface area (Å²) < 4.78 is 21.4. The van der Waals surface area contributed by atoms with E-state index >= 15 is 0 Å². The summed E-state index contributed by atoms with van der Waals surface area (Å²) in [5.41, 5.74) is 2.93. The minimum atomic E-state index is -0.762. The molecule has 1 aromatic heterocycles. The van der Waals surface area contributed by atoms with Gasteiger partial charge in [-0.15, -0.1) is 0 Å². The fourth-order valence-corrected chi connectivity index (χ4v) is 7.76. The van der Waals surface area contributed by atoms with Gasteiger partial charge < -0.3 is 14.2 Å². The van der Waals surface area contributed by atoms with E-state index in [1.807, 2.05) is 43.0 Å². The van der Waals surface area contributed by atoms with E-state index in [2.05, 4.69) is 35.0 Å². The molecule has 6 rings (SSSR count). The summed E-state index contributed by atoms with van der Waals surface area (Å²) in [6.07, 6.45) is 13.4. The van der Waals surface area contributed by atoms with E-state index in [9.17, 15) is 14.0 Å². The van der Waals surface area contributed by atoms with E-state index in [-0.39, 0.29) is 35.2 Å². The molecule has 2 aromatic carbocycles. The van der Waals surface area contributed by atoms with Crippen LogP contribution in [0.15, 0.2) is 78.3 Å². The van der Waals surface area contributed by atoms with Gasteiger partial charge in [-0.25, -0.2) is 14.2 Å². The second kappa shape index (κ2) is 15.3. The molecule has 3 unspecified atom stereocenters. The number of hydrogen-bond acceptors (Lipinski definition) is 6. The predicted octanol–water partition coefficient (Wildman–Crippen LogP) is 6.37. The molecule has 0 radical (unpaired) electrons. The standard InChI is InChI=1S/C38H46ClFN6O3/c1-27(2)49-37(48)46-21-20-44(24-34-33-14-11-31(39)22-29(33)9-10-30-6-4-15-42-38(30,34)3)25-35(46)36(47)45(18-5-17-43-19-16-41-26-43)23-28-7-12-32(40)13-8-28/h4,6-8,11-16,19,22,26-27,30,34-35H,5,9-10,17-18,20-21,23-25H2,1-3H3/t30?,34-,35?,38?/m1/s1. The van der Waals surface area contributed by atoms with Gasteiger partial charge in [-0.2, -0.15) is 0 Å². The number of rotatable bonds is 10. The summed E-state index contributed by atoms with van der Waals surface area (Å²) in [6.45, 7) is 9.27. The molecule has 0 N–H and O–H groups in total. The molecule has 2 aliphatic heterocycles. The van der Waals surface area contributed by atoms with Crippen LogP contribution in [0.1, 0.15) is 56.2 Å². The lowest BCUT2D eigenvalue weighted by Crippen LogP contribution is -2.62. The highest BCUT2D eigenvalue weighted by atomic mass is 35.5. The first kappa shape index (κ1) is 34.8. The van der Waals surface area contributed by atoms with E-state index in [0.29, 0.717) is 52.2 Å². The molecule has 0 spiro atoms. The van der Waals surface area contributed by atoms with Crippen molar-refractivity contribution >= 4 is 29.8 Å². The van der Waals surface area contributed by atoms with Gasteiger partial charge in [0.2, 0.25) is 5.91 Å². The van der Waals surface area contributed by atoms with Crippen LogP contribution in [0, 0.1) is 11.7 Å². The van der Waals surface area contributed by atoms with Crippen molar-refractivity contribution in [2.24, 2.45) is 10.9 Å². The Bertz CT molecular complexity index is 1660. The maximum atomic E-state index is 14.7. The second-order valence-electron chi connectivity index (χ2n) is 13.9. The Morgan fingerprint density at radius 3 is 2.73 bits per heavy atom. The van der Waals surface area contributed by atoms with E-state index in [1.165, 1.54) is 23.3 Å². The van der Waals surface area contributed by atoms with Gasteiger partial charge in [0.05, 0.1) is 18.0 Å². The quantitative estimate of drug-likeness (QED) is 0.247. The first-order valence-corrected chi connectivity index (χ1v) is 17.7. The maximum Gasteiger partial charge on any atom is 0.410 e. The van der Waals surface area contributed by atoms with Crippen LogP contribution in [0.4, 0.5) is 9.18 Å². The largest absolute Gasteiger partial charge is 0.447 e. The molecule has 9 nitrogen and oxygen atoms in total. The summed E-state index contributed by atoms with van der Waals surface area (Å²) in [5, 5.41) is 0.726. The molecule has 0 saturated carbocycles. The molecule has 1 aliphatic carbocycles. The Hall–Kier alpha value is -4.02. The molecular formula is C38H46ClFN6O3. The monoisotopic (exact) mass is 688 g/mol. The number of aromatic nitrogens is 2. The molecule has 4 atom stereocenters. The molecule has 3 aliphatic rings. The Kier molecular flexibility index (Phi) is 10.8. The average molecular weight is 689 g/mol. The van der Waals surface area contributed by atoms with Crippen molar-refractivity contribution in [3.8, 4) is 0 Å². The van der Waals surface area contributed by atoms with Crippen molar-refractivity contribution in [2.45, 2.75) is 76.7 Å². The summed E-state index contributed by atoms with van der Waals surface area (Å²) >= 11 is 6.48. The third kappa shape index (κ3) is 8.07. The molecule has 260 valence electrons. The van der Waals surface area contributed by atoms with Crippen molar-refractivity contribution < 1.29 is 18.7 Å². The maximum absolute atomic E-state index is 14.7. The summed E-state index contributed by atoms with van der Waals surface area (Å²) in [5.74, 6) is -0.182. The third-order valence-electron chi connectivity index (χ3n) is 10.2. The van der Waals surface area contributed by atoms with Gasteiger partial charge in [0.1, 0.15) is 11.9 Å². The number of piperazine rings is 1. The summed E-state index contributed by atoms with van der Waals surface area (Å²) in [7, 11) is 0. The predicted molar refractivity (Wildman–Crippen MR) is 189 cm³/mol. The highest BCUT2D eigenvalue weighted by molar-refractivity contribution is 6.30. The van der Waals surface area contributed by atoms with E-state index < -0.39 is 12.1 Å². The third-order valence-corrected chi connectivity index (χ3v) is 10.4. The Labute approximate surface area is 293 Å². The second-order valence-corrected chi connectivity index (χ2v) is 14.3. The number of aliphatic imine (C=N–C) groups is 1. The molecule has 1 saturated heterocycles. The van der Waals surface area contributed by atoms with Crippen molar-refractivity contribution in [3.63, 3.8) is 0 Å². The lowest BCUT2D eigenvalue weighted by Gasteiger charge is -2.46. The van der Waals surface area contributed by atoms with Crippen molar-refractivity contribution in [3.05, 3.63) is 101 Å². The molecule has 1 fully saturated rings. The topological polar surface area (TPSA) is 83.3 Å². The zero-order valence-corrected chi connectivity index (χ0v) is 29.3. The van der Waals surface area contributed by atoms with Crippen LogP contribution in [-0.4, -0.2) is 92.9 Å². The van der Waals surface area contributed by atoms with Gasteiger partial charge in [-0.1, -0.05) is 35.9 Å². The zero-order valence-electron chi connectivity index (χ0n) is 28.5. The number of ether oxygens (including phenoxy) is 1. The number of amides is 2. The molecule has 2 amide bonds. The highest BCUT2D eigenvalue weighted by Gasteiger charge is 2.46. The van der Waals surface area contributed by atoms with Gasteiger partial charge in [0, 0.05) is 81.3 Å². The van der Waals surface area contributed by atoms with Crippen molar-refractivity contribution in [2.75, 3.05) is 32.7 Å². The number of dihydropyridines is 1. The minimum Gasteiger partial charge on any atom is -0.447 e. The summed E-state index contributed by atoms with van der Waals surface area (Å²) in [6, 6.07) is 11.7. The SMILES string of the molecule is CC(C)OC(=O)N1CCN(C[C@@H]2c3ccc(Cl)cc3CCC3C=CC=NC32C)CC1C(=O)N(CCCn1ccnc1)Cc1ccc(F)cc1. The Balaban J connectivity index is 1.29. The number of aryl methyl sites for hydroxylation is 2. The number of nitrogens with zero attached hydrogens (tertiary/aromatic N) is 6. The smallest absolute Gasteiger partial charge is 0.410 e. The lowest BCUT2D eigenvalue weighted by molar-refractivity contribution is -0.139. The van der Waals surface area contributed by atoms with E-state index in [4.69, 9.17) is 21.3 Å². The number of imidazole rings is 1. The van der Waals surface area contributed by atoms with Crippen LogP contribution in [0.5, 0.6) is 0 Å². The molecule has 49 heavy (non-hydrogen) atoms. The number of hydrogen-bond donors (Lipinski definition) is 0. The molecule has 3 heterocycles. The number of allylic oxidation sites excluding steroid dienone is 1. The van der Waals surface area contributed by atoms with Gasteiger partial charge >= 0.3 is 6.09 Å². The van der Waals surface area contributed by atoms with Gasteiger partial charge in [0.25, 0.3) is 0 Å². The number of carbonyl (C=O) groups excluding carboxylic acids is 2. The number of benzene rings is 2. The van der Waals surface area contributed by atoms with Crippen LogP contribution in [-0.2, 0) is 29.0 Å². The van der Waals surface area contributed by atoms with Crippen LogP contribution >= 0.6 is 11.6 Å². The lowest BCUT2D eigenvalue weighted by atomic mass is 9.71. The zero-order chi connectivity index (χ0) is 34.5. The molecule has 11 heteroatoms.